The topological polar surface area (TPSA) is 18.5 Å². The van der Waals surface area contributed by atoms with Crippen molar-refractivity contribution in [3.05, 3.63) is 0 Å². The Balaban J connectivity index is 2.32. The molecule has 1 rings (SSSR count). The molecule has 2 heteroatoms. The first kappa shape index (κ1) is 7.03. The van der Waals surface area contributed by atoms with Crippen LogP contribution >= 0.6 is 0 Å². The zero-order valence-electron chi connectivity index (χ0n) is 6.09. The minimum atomic E-state index is 0.356. The Bertz CT molecular complexity index is 73.0. The second-order valence-corrected chi connectivity index (χ2v) is 2.48. The van der Waals surface area contributed by atoms with Gasteiger partial charge in [-0.25, -0.2) is 0 Å². The van der Waals surface area contributed by atoms with Gasteiger partial charge >= 0.3 is 0 Å². The van der Waals surface area contributed by atoms with E-state index in [9.17, 15) is 0 Å². The molecule has 1 aliphatic carbocycles. The molecular weight excluding hydrogens is 116 g/mol. The van der Waals surface area contributed by atoms with Crippen LogP contribution in [0.5, 0.6) is 0 Å². The molecule has 0 N–H and O–H groups in total. The highest BCUT2D eigenvalue weighted by atomic mass is 16.5. The van der Waals surface area contributed by atoms with Crippen molar-refractivity contribution in [2.24, 2.45) is 0 Å². The zero-order valence-corrected chi connectivity index (χ0v) is 6.09. The highest BCUT2D eigenvalue weighted by molar-refractivity contribution is 4.77. The lowest BCUT2D eigenvalue weighted by Crippen LogP contribution is -2.23. The van der Waals surface area contributed by atoms with E-state index in [1.165, 1.54) is 6.42 Å². The van der Waals surface area contributed by atoms with Crippen molar-refractivity contribution >= 4 is 0 Å². The molecule has 0 heterocycles. The van der Waals surface area contributed by atoms with Crippen LogP contribution in [0.4, 0.5) is 0 Å². The van der Waals surface area contributed by atoms with E-state index in [0.717, 1.165) is 12.8 Å². The van der Waals surface area contributed by atoms with Crippen LogP contribution in [0.1, 0.15) is 19.3 Å². The Morgan fingerprint density at radius 2 is 1.44 bits per heavy atom. The summed E-state index contributed by atoms with van der Waals surface area (Å²) in [4.78, 5) is 0. The van der Waals surface area contributed by atoms with Crippen molar-refractivity contribution in [2.75, 3.05) is 14.2 Å². The second-order valence-electron chi connectivity index (χ2n) is 2.48. The number of rotatable bonds is 2. The summed E-state index contributed by atoms with van der Waals surface area (Å²) < 4.78 is 10.4. The third-order valence-electron chi connectivity index (χ3n) is 2.00. The summed E-state index contributed by atoms with van der Waals surface area (Å²) in [5.41, 5.74) is 0. The quantitative estimate of drug-likeness (QED) is 0.559. The molecule has 0 aromatic carbocycles. The van der Waals surface area contributed by atoms with E-state index in [4.69, 9.17) is 9.47 Å². The summed E-state index contributed by atoms with van der Waals surface area (Å²) in [7, 11) is 3.50. The third kappa shape index (κ3) is 1.43. The van der Waals surface area contributed by atoms with Gasteiger partial charge in [0, 0.05) is 14.2 Å². The van der Waals surface area contributed by atoms with E-state index in [2.05, 4.69) is 0 Å². The molecule has 1 fully saturated rings. The van der Waals surface area contributed by atoms with Gasteiger partial charge in [0.25, 0.3) is 0 Å². The molecule has 54 valence electrons. The third-order valence-corrected chi connectivity index (χ3v) is 2.00. The fourth-order valence-corrected chi connectivity index (χ4v) is 1.43. The maximum Gasteiger partial charge on any atom is 0.0832 e. The van der Waals surface area contributed by atoms with Gasteiger partial charge in [-0.15, -0.1) is 0 Å². The maximum atomic E-state index is 5.19. The molecule has 0 amide bonds. The molecule has 0 bridgehead atoms. The van der Waals surface area contributed by atoms with Gasteiger partial charge < -0.3 is 9.47 Å². The highest BCUT2D eigenvalue weighted by Gasteiger charge is 2.26. The lowest BCUT2D eigenvalue weighted by Gasteiger charge is -2.15. The molecule has 1 saturated carbocycles. The van der Waals surface area contributed by atoms with Crippen molar-refractivity contribution < 1.29 is 9.47 Å². The molecule has 0 aliphatic heterocycles. The molecule has 9 heavy (non-hydrogen) atoms. The Hall–Kier alpha value is -0.0800. The Morgan fingerprint density at radius 3 is 1.78 bits per heavy atom. The first-order valence-corrected chi connectivity index (χ1v) is 3.44. The van der Waals surface area contributed by atoms with Crippen LogP contribution < -0.4 is 0 Å². The van der Waals surface area contributed by atoms with Crippen molar-refractivity contribution in [2.45, 2.75) is 31.5 Å². The molecule has 0 unspecified atom stereocenters. The average molecular weight is 130 g/mol. The lowest BCUT2D eigenvalue weighted by atomic mass is 10.3. The van der Waals surface area contributed by atoms with Gasteiger partial charge in [-0.05, 0) is 19.3 Å². The summed E-state index contributed by atoms with van der Waals surface area (Å²) >= 11 is 0. The van der Waals surface area contributed by atoms with Crippen LogP contribution in [0.25, 0.3) is 0 Å². The summed E-state index contributed by atoms with van der Waals surface area (Å²) in [6, 6.07) is 0. The maximum absolute atomic E-state index is 5.19. The van der Waals surface area contributed by atoms with Crippen LogP contribution in [0, 0.1) is 0 Å². The van der Waals surface area contributed by atoms with Crippen molar-refractivity contribution in [3.63, 3.8) is 0 Å². The van der Waals surface area contributed by atoms with Gasteiger partial charge in [-0.3, -0.25) is 0 Å². The van der Waals surface area contributed by atoms with Crippen molar-refractivity contribution in [3.8, 4) is 0 Å². The van der Waals surface area contributed by atoms with E-state index in [1.807, 2.05) is 0 Å². The molecule has 1 aliphatic rings. The number of hydrogen-bond donors (Lipinski definition) is 0. The van der Waals surface area contributed by atoms with Crippen LogP contribution in [0.15, 0.2) is 0 Å². The van der Waals surface area contributed by atoms with Gasteiger partial charge in [0.2, 0.25) is 0 Å². The minimum absolute atomic E-state index is 0.356. The lowest BCUT2D eigenvalue weighted by molar-refractivity contribution is -0.0157. The Kier molecular flexibility index (Phi) is 2.49. The van der Waals surface area contributed by atoms with Crippen molar-refractivity contribution in [1.82, 2.24) is 0 Å². The van der Waals surface area contributed by atoms with Crippen LogP contribution in [-0.2, 0) is 9.47 Å². The largest absolute Gasteiger partial charge is 0.379 e. The zero-order chi connectivity index (χ0) is 6.69. The van der Waals surface area contributed by atoms with Gasteiger partial charge in [0.15, 0.2) is 0 Å². The van der Waals surface area contributed by atoms with Crippen molar-refractivity contribution in [1.29, 1.82) is 0 Å². The summed E-state index contributed by atoms with van der Waals surface area (Å²) in [6.45, 7) is 0. The Morgan fingerprint density at radius 1 is 1.00 bits per heavy atom. The van der Waals surface area contributed by atoms with E-state index in [-0.39, 0.29) is 0 Å². The number of methoxy groups -OCH3 is 2. The van der Waals surface area contributed by atoms with E-state index in [1.54, 1.807) is 14.2 Å². The van der Waals surface area contributed by atoms with E-state index in [0.29, 0.717) is 12.2 Å². The van der Waals surface area contributed by atoms with Gasteiger partial charge in [0.05, 0.1) is 12.2 Å². The summed E-state index contributed by atoms with van der Waals surface area (Å²) in [5.74, 6) is 0. The Labute approximate surface area is 56.2 Å². The van der Waals surface area contributed by atoms with Crippen LogP contribution in [0.2, 0.25) is 0 Å². The molecule has 0 aromatic heterocycles. The molecular formula is C7H14O2. The van der Waals surface area contributed by atoms with Crippen LogP contribution in [0.3, 0.4) is 0 Å². The van der Waals surface area contributed by atoms with Gasteiger partial charge in [-0.2, -0.15) is 0 Å². The molecule has 0 radical (unpaired) electrons. The van der Waals surface area contributed by atoms with E-state index >= 15 is 0 Å². The SMILES string of the molecule is CO[C@H]1CCC[C@@H]1OC. The number of ether oxygens (including phenoxy) is 2. The number of hydrogen-bond acceptors (Lipinski definition) is 2. The van der Waals surface area contributed by atoms with E-state index < -0.39 is 0 Å². The summed E-state index contributed by atoms with van der Waals surface area (Å²) in [5, 5.41) is 0. The summed E-state index contributed by atoms with van der Waals surface area (Å²) in [6.07, 6.45) is 4.28. The smallest absolute Gasteiger partial charge is 0.0832 e. The molecule has 0 spiro atoms. The first-order valence-electron chi connectivity index (χ1n) is 3.44. The fraction of sp³-hybridized carbons (Fsp3) is 1.00. The molecule has 0 saturated heterocycles. The predicted molar refractivity (Wildman–Crippen MR) is 35.4 cm³/mol. The van der Waals surface area contributed by atoms with Gasteiger partial charge in [0.1, 0.15) is 0 Å². The molecule has 2 atom stereocenters. The molecule has 0 aromatic rings. The normalized spacial score (nSPS) is 35.3. The second kappa shape index (κ2) is 3.18. The first-order chi connectivity index (χ1) is 4.38. The highest BCUT2D eigenvalue weighted by Crippen LogP contribution is 2.23. The molecule has 2 nitrogen and oxygen atoms in total. The van der Waals surface area contributed by atoms with Gasteiger partial charge in [-0.1, -0.05) is 0 Å². The average Bonchev–Trinajstić information content (AvgIpc) is 2.33. The minimum Gasteiger partial charge on any atom is -0.379 e. The monoisotopic (exact) mass is 130 g/mol. The van der Waals surface area contributed by atoms with Crippen LogP contribution in [-0.4, -0.2) is 26.4 Å². The standard InChI is InChI=1S/C7H14O2/c1-8-6-4-3-5-7(6)9-2/h6-7H,3-5H2,1-2H3/t6-,7-/m0/s1. The predicted octanol–water partition coefficient (Wildman–Crippen LogP) is 1.20. The fourth-order valence-electron chi connectivity index (χ4n) is 1.43.